The van der Waals surface area contributed by atoms with E-state index in [9.17, 15) is 0 Å². The van der Waals surface area contributed by atoms with Gasteiger partial charge in [-0.2, -0.15) is 0 Å². The van der Waals surface area contributed by atoms with Gasteiger partial charge in [0.15, 0.2) is 0 Å². The highest BCUT2D eigenvalue weighted by molar-refractivity contribution is 4.76. The highest BCUT2D eigenvalue weighted by Gasteiger charge is 2.24. The topological polar surface area (TPSA) is 38.5 Å². The molecule has 0 spiro atoms. The largest absolute Gasteiger partial charge is 0.378 e. The molecule has 1 rings (SSSR count). The van der Waals surface area contributed by atoms with Crippen LogP contribution >= 0.6 is 0 Å². The van der Waals surface area contributed by atoms with Crippen LogP contribution in [0.15, 0.2) is 0 Å². The van der Waals surface area contributed by atoms with Gasteiger partial charge in [0.05, 0.1) is 6.10 Å². The van der Waals surface area contributed by atoms with Crippen LogP contribution in [0.2, 0.25) is 0 Å². The van der Waals surface area contributed by atoms with Gasteiger partial charge in [0.1, 0.15) is 0 Å². The molecule has 1 saturated heterocycles. The third kappa shape index (κ3) is 6.55. The van der Waals surface area contributed by atoms with Crippen LogP contribution in [0.1, 0.15) is 59.8 Å². The normalized spacial score (nSPS) is 20.2. The second-order valence-corrected chi connectivity index (χ2v) is 7.28. The first kappa shape index (κ1) is 17.9. The van der Waals surface area contributed by atoms with E-state index in [1.807, 2.05) is 0 Å². The van der Waals surface area contributed by atoms with Crippen LogP contribution in [-0.2, 0) is 4.74 Å². The first-order valence-corrected chi connectivity index (χ1v) is 8.51. The Hall–Kier alpha value is -0.120. The van der Waals surface area contributed by atoms with Gasteiger partial charge in [-0.25, -0.2) is 0 Å². The Bertz CT molecular complexity index is 242. The molecule has 0 aromatic rings. The highest BCUT2D eigenvalue weighted by atomic mass is 16.5. The third-order valence-corrected chi connectivity index (χ3v) is 4.70. The van der Waals surface area contributed by atoms with Crippen LogP contribution in [0.5, 0.6) is 0 Å². The van der Waals surface area contributed by atoms with Crippen LogP contribution in [0.4, 0.5) is 0 Å². The predicted octanol–water partition coefficient (Wildman–Crippen LogP) is 3.28. The number of piperidine rings is 1. The van der Waals surface area contributed by atoms with Crippen LogP contribution in [-0.4, -0.2) is 43.8 Å². The summed E-state index contributed by atoms with van der Waals surface area (Å²) in [6, 6.07) is 0. The molecule has 0 aromatic heterocycles. The Balaban J connectivity index is 2.20. The Morgan fingerprint density at radius 3 is 2.35 bits per heavy atom. The van der Waals surface area contributed by atoms with Crippen LogP contribution in [0.3, 0.4) is 0 Å². The molecule has 0 saturated carbocycles. The maximum atomic E-state index is 5.76. The molecular weight excluding hydrogens is 248 g/mol. The quantitative estimate of drug-likeness (QED) is 0.743. The molecule has 1 unspecified atom stereocenters. The first-order valence-electron chi connectivity index (χ1n) is 8.51. The van der Waals surface area contributed by atoms with E-state index >= 15 is 0 Å². The van der Waals surface area contributed by atoms with Crippen molar-refractivity contribution in [2.75, 3.05) is 32.8 Å². The van der Waals surface area contributed by atoms with Gasteiger partial charge in [-0.1, -0.05) is 20.8 Å². The molecule has 1 aliphatic rings. The summed E-state index contributed by atoms with van der Waals surface area (Å²) in [5, 5.41) is 0. The van der Waals surface area contributed by atoms with Crippen molar-refractivity contribution in [3.63, 3.8) is 0 Å². The monoisotopic (exact) mass is 284 g/mol. The zero-order valence-corrected chi connectivity index (χ0v) is 14.2. The van der Waals surface area contributed by atoms with Gasteiger partial charge in [0.25, 0.3) is 0 Å². The fourth-order valence-corrected chi connectivity index (χ4v) is 3.31. The number of hydrogen-bond acceptors (Lipinski definition) is 3. The van der Waals surface area contributed by atoms with Gasteiger partial charge >= 0.3 is 0 Å². The van der Waals surface area contributed by atoms with Gasteiger partial charge in [-0.05, 0) is 63.5 Å². The molecule has 0 amide bonds. The number of likely N-dealkylation sites (tertiary alicyclic amines) is 1. The first-order chi connectivity index (χ1) is 9.47. The van der Waals surface area contributed by atoms with Crippen LogP contribution < -0.4 is 5.73 Å². The van der Waals surface area contributed by atoms with E-state index in [0.717, 1.165) is 25.5 Å². The maximum Gasteiger partial charge on any atom is 0.0599 e. The molecule has 1 fully saturated rings. The number of nitrogens with two attached hydrogens (primary N) is 1. The molecule has 1 heterocycles. The number of rotatable bonds is 8. The standard InChI is InChI=1S/C17H36N2O/c1-5-20-16-9-13-19(14-10-16)12-6-7-15(8-11-18)17(2,3)4/h15-16H,5-14,18H2,1-4H3. The predicted molar refractivity (Wildman–Crippen MR) is 86.9 cm³/mol. The molecule has 1 atom stereocenters. The van der Waals surface area contributed by atoms with Gasteiger partial charge in [-0.3, -0.25) is 0 Å². The average Bonchev–Trinajstić information content (AvgIpc) is 2.39. The maximum absolute atomic E-state index is 5.76. The summed E-state index contributed by atoms with van der Waals surface area (Å²) in [7, 11) is 0. The van der Waals surface area contributed by atoms with Crippen LogP contribution in [0, 0.1) is 11.3 Å². The molecule has 0 bridgehead atoms. The van der Waals surface area contributed by atoms with Crippen molar-refractivity contribution in [3.05, 3.63) is 0 Å². The zero-order chi connectivity index (χ0) is 15.0. The molecule has 120 valence electrons. The fraction of sp³-hybridized carbons (Fsp3) is 1.00. The lowest BCUT2D eigenvalue weighted by Gasteiger charge is -2.34. The van der Waals surface area contributed by atoms with Gasteiger partial charge in [0, 0.05) is 19.7 Å². The smallest absolute Gasteiger partial charge is 0.0599 e. The minimum atomic E-state index is 0.390. The van der Waals surface area contributed by atoms with Crippen molar-refractivity contribution < 1.29 is 4.74 Å². The summed E-state index contributed by atoms with van der Waals surface area (Å²) in [5.41, 5.74) is 6.15. The van der Waals surface area contributed by atoms with Gasteiger partial charge in [-0.15, -0.1) is 0 Å². The van der Waals surface area contributed by atoms with Crippen molar-refractivity contribution in [2.45, 2.75) is 65.9 Å². The summed E-state index contributed by atoms with van der Waals surface area (Å²) >= 11 is 0. The van der Waals surface area contributed by atoms with Gasteiger partial charge in [0.2, 0.25) is 0 Å². The number of hydrogen-bond donors (Lipinski definition) is 1. The Morgan fingerprint density at radius 1 is 1.20 bits per heavy atom. The lowest BCUT2D eigenvalue weighted by atomic mass is 9.76. The van der Waals surface area contributed by atoms with Crippen molar-refractivity contribution in [1.82, 2.24) is 4.90 Å². The molecule has 20 heavy (non-hydrogen) atoms. The SMILES string of the molecule is CCOC1CCN(CCCC(CCN)C(C)(C)C)CC1. The minimum Gasteiger partial charge on any atom is -0.378 e. The summed E-state index contributed by atoms with van der Waals surface area (Å²) in [4.78, 5) is 2.61. The van der Waals surface area contributed by atoms with Gasteiger partial charge < -0.3 is 15.4 Å². The zero-order valence-electron chi connectivity index (χ0n) is 14.2. The summed E-state index contributed by atoms with van der Waals surface area (Å²) in [5.74, 6) is 0.758. The molecule has 0 aromatic carbocycles. The van der Waals surface area contributed by atoms with E-state index < -0.39 is 0 Å². The van der Waals surface area contributed by atoms with E-state index in [0.29, 0.717) is 11.5 Å². The van der Waals surface area contributed by atoms with E-state index in [-0.39, 0.29) is 0 Å². The molecule has 3 nitrogen and oxygen atoms in total. The molecule has 0 aliphatic carbocycles. The van der Waals surface area contributed by atoms with E-state index in [1.54, 1.807) is 0 Å². The van der Waals surface area contributed by atoms with Crippen molar-refractivity contribution >= 4 is 0 Å². The molecule has 2 N–H and O–H groups in total. The molecule has 3 heteroatoms. The fourth-order valence-electron chi connectivity index (χ4n) is 3.31. The van der Waals surface area contributed by atoms with Crippen molar-refractivity contribution in [3.8, 4) is 0 Å². The lowest BCUT2D eigenvalue weighted by molar-refractivity contribution is 0.0134. The Morgan fingerprint density at radius 2 is 1.85 bits per heavy atom. The average molecular weight is 284 g/mol. The summed E-state index contributed by atoms with van der Waals surface area (Å²) in [6.45, 7) is 14.5. The second kappa shape index (κ2) is 9.01. The van der Waals surface area contributed by atoms with Crippen molar-refractivity contribution in [2.24, 2.45) is 17.1 Å². The molecule has 0 radical (unpaired) electrons. The van der Waals surface area contributed by atoms with Crippen LogP contribution in [0.25, 0.3) is 0 Å². The summed E-state index contributed by atoms with van der Waals surface area (Å²) in [6.07, 6.45) is 6.71. The number of nitrogens with zero attached hydrogens (tertiary/aromatic N) is 1. The third-order valence-electron chi connectivity index (χ3n) is 4.70. The Labute approximate surface area is 126 Å². The van der Waals surface area contributed by atoms with E-state index in [2.05, 4.69) is 32.6 Å². The highest BCUT2D eigenvalue weighted by Crippen LogP contribution is 2.32. The minimum absolute atomic E-state index is 0.390. The Kier molecular flexibility index (Phi) is 8.08. The second-order valence-electron chi connectivity index (χ2n) is 7.28. The van der Waals surface area contributed by atoms with E-state index in [1.165, 1.54) is 45.3 Å². The molecule has 1 aliphatic heterocycles. The molecular formula is C17H36N2O. The van der Waals surface area contributed by atoms with Crippen molar-refractivity contribution in [1.29, 1.82) is 0 Å². The number of ether oxygens (including phenoxy) is 1. The summed E-state index contributed by atoms with van der Waals surface area (Å²) < 4.78 is 5.71. The lowest BCUT2D eigenvalue weighted by Crippen LogP contribution is -2.37. The van der Waals surface area contributed by atoms with E-state index in [4.69, 9.17) is 10.5 Å².